The number of ether oxygens (including phenoxy) is 2. The third-order valence-corrected chi connectivity index (χ3v) is 7.74. The van der Waals surface area contributed by atoms with Gasteiger partial charge in [0.2, 0.25) is 0 Å². The van der Waals surface area contributed by atoms with Crippen molar-refractivity contribution in [2.75, 3.05) is 18.9 Å². The first-order chi connectivity index (χ1) is 16.9. The Labute approximate surface area is 206 Å². The molecule has 0 saturated heterocycles. The highest BCUT2D eigenvalue weighted by Gasteiger charge is 2.18. The number of fused-ring (bicyclic) bond motifs is 1. The number of sulfone groups is 1. The number of nitrogens with one attached hydrogen (secondary N) is 1. The molecule has 0 fully saturated rings. The first kappa shape index (κ1) is 24.5. The normalized spacial score (nSPS) is 11.3. The quantitative estimate of drug-likeness (QED) is 0.309. The van der Waals surface area contributed by atoms with Crippen molar-refractivity contribution >= 4 is 43.2 Å². The summed E-state index contributed by atoms with van der Waals surface area (Å²) in [6.07, 6.45) is 0.643. The number of nitrogens with zero attached hydrogens (tertiary/aromatic N) is 1. The fourth-order valence-corrected chi connectivity index (χ4v) is 5.77. The molecule has 0 radical (unpaired) electrons. The molecule has 0 spiro atoms. The first-order valence-electron chi connectivity index (χ1n) is 10.6. The van der Waals surface area contributed by atoms with Crippen molar-refractivity contribution in [1.82, 2.24) is 10.3 Å². The highest BCUT2D eigenvalue weighted by molar-refractivity contribution is 7.90. The summed E-state index contributed by atoms with van der Waals surface area (Å²) in [5.74, 6) is 0.765. The van der Waals surface area contributed by atoms with Gasteiger partial charge >= 0.3 is 6.09 Å². The van der Waals surface area contributed by atoms with E-state index in [9.17, 15) is 13.2 Å². The maximum Gasteiger partial charge on any atom is 0.412 e. The molecule has 11 heteroatoms. The Morgan fingerprint density at radius 3 is 2.71 bits per heavy atom. The van der Waals surface area contributed by atoms with Crippen LogP contribution in [0, 0.1) is 0 Å². The Morgan fingerprint density at radius 2 is 1.94 bits per heavy atom. The van der Waals surface area contributed by atoms with Crippen LogP contribution in [-0.2, 0) is 22.2 Å². The zero-order valence-corrected chi connectivity index (χ0v) is 20.1. The summed E-state index contributed by atoms with van der Waals surface area (Å²) in [7, 11) is -3.55. The average molecular weight is 514 g/mol. The van der Waals surface area contributed by atoms with E-state index in [1.54, 1.807) is 42.5 Å². The second-order valence-corrected chi connectivity index (χ2v) is 10.4. The lowest BCUT2D eigenvalue weighted by Gasteiger charge is -2.10. The Balaban J connectivity index is 1.51. The molecule has 0 aliphatic carbocycles. The molecule has 0 bridgehead atoms. The average Bonchev–Trinajstić information content (AvgIpc) is 3.29. The maximum absolute atomic E-state index is 12.9. The van der Waals surface area contributed by atoms with E-state index in [1.165, 1.54) is 23.6 Å². The molecule has 182 valence electrons. The van der Waals surface area contributed by atoms with E-state index >= 15 is 0 Å². The van der Waals surface area contributed by atoms with Gasteiger partial charge in [0.05, 0.1) is 28.2 Å². The Morgan fingerprint density at radius 1 is 1.14 bits per heavy atom. The molecule has 35 heavy (non-hydrogen) atoms. The van der Waals surface area contributed by atoms with E-state index in [0.29, 0.717) is 27.0 Å². The Kier molecular flexibility index (Phi) is 7.49. The lowest BCUT2D eigenvalue weighted by Crippen LogP contribution is -2.29. The first-order valence-corrected chi connectivity index (χ1v) is 13.1. The van der Waals surface area contributed by atoms with Crippen LogP contribution in [0.1, 0.15) is 11.1 Å². The number of pyridine rings is 1. The Bertz CT molecular complexity index is 1440. The molecule has 2 aromatic carbocycles. The molecule has 0 unspecified atom stereocenters. The monoisotopic (exact) mass is 513 g/mol. The minimum Gasteiger partial charge on any atom is -0.489 e. The van der Waals surface area contributed by atoms with Crippen LogP contribution in [0.3, 0.4) is 0 Å². The number of hydrogen-bond acceptors (Lipinski definition) is 9. The molecular formula is C24H23N3O6S2. The van der Waals surface area contributed by atoms with Gasteiger partial charge in [-0.25, -0.2) is 18.2 Å². The summed E-state index contributed by atoms with van der Waals surface area (Å²) in [5.41, 5.74) is 7.50. The molecule has 0 aliphatic rings. The number of nitrogens with two attached hydrogens (primary N) is 1. The van der Waals surface area contributed by atoms with Crippen LogP contribution in [0.4, 0.5) is 10.6 Å². The number of aliphatic hydroxyl groups excluding tert-OH is 1. The number of benzene rings is 2. The molecule has 4 N–H and O–H groups in total. The summed E-state index contributed by atoms with van der Waals surface area (Å²) in [5, 5.41) is 13.6. The number of rotatable bonds is 9. The van der Waals surface area contributed by atoms with E-state index in [0.717, 1.165) is 0 Å². The summed E-state index contributed by atoms with van der Waals surface area (Å²) < 4.78 is 37.5. The summed E-state index contributed by atoms with van der Waals surface area (Å²) >= 11 is 1.31. The largest absolute Gasteiger partial charge is 0.489 e. The molecule has 2 aromatic heterocycles. The predicted molar refractivity (Wildman–Crippen MR) is 133 cm³/mol. The van der Waals surface area contributed by atoms with Gasteiger partial charge in [-0.15, -0.1) is 11.3 Å². The molecule has 2 heterocycles. The smallest absolute Gasteiger partial charge is 0.412 e. The number of carbonyl (C=O) groups excluding carboxylic acids is 1. The summed E-state index contributed by atoms with van der Waals surface area (Å²) in [6.45, 7) is -0.0397. The number of anilines is 1. The van der Waals surface area contributed by atoms with Crippen LogP contribution in [-0.4, -0.2) is 37.8 Å². The van der Waals surface area contributed by atoms with Gasteiger partial charge in [0.25, 0.3) is 0 Å². The van der Waals surface area contributed by atoms with E-state index < -0.39 is 15.9 Å². The van der Waals surface area contributed by atoms with Crippen LogP contribution in [0.25, 0.3) is 10.1 Å². The molecule has 4 rings (SSSR count). The third-order valence-electron chi connectivity index (χ3n) is 5.01. The van der Waals surface area contributed by atoms with Crippen molar-refractivity contribution in [3.05, 3.63) is 77.3 Å². The molecule has 0 saturated carbocycles. The van der Waals surface area contributed by atoms with E-state index in [-0.39, 0.29) is 42.0 Å². The van der Waals surface area contributed by atoms with Crippen molar-refractivity contribution < 1.29 is 27.8 Å². The minimum atomic E-state index is -3.55. The summed E-state index contributed by atoms with van der Waals surface area (Å²) in [6, 6.07) is 15.3. The molecule has 0 atom stereocenters. The SMILES string of the molecule is Nc1ncc(OC(=O)NCCO)c2scc(COc3cccc(S(=O)(=O)Cc4ccccc4)c3)c12. The van der Waals surface area contributed by atoms with Gasteiger partial charge in [0, 0.05) is 17.5 Å². The number of aliphatic hydroxyl groups is 1. The van der Waals surface area contributed by atoms with Crippen molar-refractivity contribution in [2.45, 2.75) is 17.3 Å². The lowest BCUT2D eigenvalue weighted by molar-refractivity contribution is 0.196. The minimum absolute atomic E-state index is 0.0635. The van der Waals surface area contributed by atoms with Gasteiger partial charge in [-0.3, -0.25) is 0 Å². The van der Waals surface area contributed by atoms with Gasteiger partial charge < -0.3 is 25.6 Å². The lowest BCUT2D eigenvalue weighted by atomic mass is 10.2. The van der Waals surface area contributed by atoms with E-state index in [4.69, 9.17) is 20.3 Å². The molecule has 4 aromatic rings. The highest BCUT2D eigenvalue weighted by atomic mass is 32.2. The second-order valence-electron chi connectivity index (χ2n) is 7.52. The van der Waals surface area contributed by atoms with Gasteiger partial charge in [0.15, 0.2) is 15.6 Å². The van der Waals surface area contributed by atoms with Crippen LogP contribution in [0.15, 0.2) is 71.1 Å². The number of amides is 1. The number of hydrogen-bond donors (Lipinski definition) is 3. The van der Waals surface area contributed by atoms with Crippen LogP contribution in [0.5, 0.6) is 11.5 Å². The maximum atomic E-state index is 12.9. The number of carbonyl (C=O) groups is 1. The fourth-order valence-electron chi connectivity index (χ4n) is 3.38. The molecule has 9 nitrogen and oxygen atoms in total. The molecule has 1 amide bonds. The second kappa shape index (κ2) is 10.7. The van der Waals surface area contributed by atoms with Crippen LogP contribution >= 0.6 is 11.3 Å². The van der Waals surface area contributed by atoms with Crippen molar-refractivity contribution in [3.63, 3.8) is 0 Å². The van der Waals surface area contributed by atoms with Gasteiger partial charge in [-0.1, -0.05) is 36.4 Å². The van der Waals surface area contributed by atoms with Gasteiger partial charge in [-0.2, -0.15) is 0 Å². The van der Waals surface area contributed by atoms with Gasteiger partial charge in [-0.05, 0) is 29.1 Å². The third kappa shape index (κ3) is 5.88. The number of aromatic nitrogens is 1. The number of thiophene rings is 1. The number of nitrogen functional groups attached to an aromatic ring is 1. The fraction of sp³-hybridized carbons (Fsp3) is 0.167. The zero-order valence-electron chi connectivity index (χ0n) is 18.5. The highest BCUT2D eigenvalue weighted by Crippen LogP contribution is 2.37. The zero-order chi connectivity index (χ0) is 24.8. The van der Waals surface area contributed by atoms with Crippen molar-refractivity contribution in [3.8, 4) is 11.5 Å². The van der Waals surface area contributed by atoms with Crippen molar-refractivity contribution in [1.29, 1.82) is 0 Å². The standard InChI is InChI=1S/C24H23N3O6S2/c25-23-21-17(14-34-22(21)20(12-27-23)33-24(29)26-9-10-28)13-32-18-7-4-8-19(11-18)35(30,31)15-16-5-2-1-3-6-16/h1-8,11-12,14,28H,9-10,13,15H2,(H2,25,27)(H,26,29). The van der Waals surface area contributed by atoms with Crippen LogP contribution in [0.2, 0.25) is 0 Å². The van der Waals surface area contributed by atoms with E-state index in [2.05, 4.69) is 10.3 Å². The Hall–Kier alpha value is -3.67. The molecule has 0 aliphatic heterocycles. The van der Waals surface area contributed by atoms with Gasteiger partial charge in [0.1, 0.15) is 18.2 Å². The van der Waals surface area contributed by atoms with E-state index in [1.807, 2.05) is 11.4 Å². The van der Waals surface area contributed by atoms with Crippen molar-refractivity contribution in [2.24, 2.45) is 0 Å². The predicted octanol–water partition coefficient (Wildman–Crippen LogP) is 3.51. The van der Waals surface area contributed by atoms with Crippen LogP contribution < -0.4 is 20.5 Å². The molecular weight excluding hydrogens is 490 g/mol. The summed E-state index contributed by atoms with van der Waals surface area (Å²) in [4.78, 5) is 16.1. The topological polar surface area (TPSA) is 141 Å².